The lowest BCUT2D eigenvalue weighted by atomic mass is 10.2. The molecular weight excluding hydrogens is 383 g/mol. The SMILES string of the molecule is CCOC(=O)CC1Sc2ccccc2N(CC(=O)Nc2cccc(F)c2)C1=O. The Morgan fingerprint density at radius 1 is 1.21 bits per heavy atom. The Hall–Kier alpha value is -2.87. The summed E-state index contributed by atoms with van der Waals surface area (Å²) in [5.41, 5.74) is 0.909. The summed E-state index contributed by atoms with van der Waals surface area (Å²) < 4.78 is 18.3. The third-order valence-corrected chi connectivity index (χ3v) is 5.29. The number of ether oxygens (including phenoxy) is 1. The fourth-order valence-corrected chi connectivity index (χ4v) is 4.06. The second-order valence-corrected chi connectivity index (χ2v) is 7.31. The number of nitrogens with zero attached hydrogens (tertiary/aromatic N) is 1. The Kier molecular flexibility index (Phi) is 6.30. The molecule has 1 atom stereocenters. The number of carbonyl (C=O) groups excluding carboxylic acids is 3. The number of fused-ring (bicyclic) bond motifs is 1. The lowest BCUT2D eigenvalue weighted by molar-refractivity contribution is -0.144. The summed E-state index contributed by atoms with van der Waals surface area (Å²) in [7, 11) is 0. The molecule has 1 heterocycles. The van der Waals surface area contributed by atoms with Gasteiger partial charge in [-0.1, -0.05) is 18.2 Å². The normalized spacial score (nSPS) is 15.7. The molecule has 1 unspecified atom stereocenters. The number of para-hydroxylation sites is 1. The number of benzene rings is 2. The lowest BCUT2D eigenvalue weighted by Crippen LogP contribution is -2.45. The zero-order valence-corrected chi connectivity index (χ0v) is 16.0. The first kappa shape index (κ1) is 19.9. The maximum absolute atomic E-state index is 13.3. The average molecular weight is 402 g/mol. The lowest BCUT2D eigenvalue weighted by Gasteiger charge is -2.32. The molecule has 146 valence electrons. The molecule has 28 heavy (non-hydrogen) atoms. The van der Waals surface area contributed by atoms with E-state index >= 15 is 0 Å². The molecule has 0 saturated heterocycles. The summed E-state index contributed by atoms with van der Waals surface area (Å²) in [6, 6.07) is 12.7. The standard InChI is InChI=1S/C20H19FN2O4S/c1-2-27-19(25)11-17-20(26)23(15-8-3-4-9-16(15)28-17)12-18(24)22-14-7-5-6-13(21)10-14/h3-10,17H,2,11-12H2,1H3,(H,22,24). The van der Waals surface area contributed by atoms with Gasteiger partial charge in [0, 0.05) is 10.6 Å². The van der Waals surface area contributed by atoms with Crippen molar-refractivity contribution in [2.45, 2.75) is 23.5 Å². The molecule has 8 heteroatoms. The summed E-state index contributed by atoms with van der Waals surface area (Å²) in [6.07, 6.45) is -0.0757. The van der Waals surface area contributed by atoms with Gasteiger partial charge in [-0.15, -0.1) is 11.8 Å². The smallest absolute Gasteiger partial charge is 0.307 e. The van der Waals surface area contributed by atoms with E-state index in [0.29, 0.717) is 11.4 Å². The van der Waals surface area contributed by atoms with Gasteiger partial charge in [-0.25, -0.2) is 4.39 Å². The Labute approximate surface area is 166 Å². The van der Waals surface area contributed by atoms with E-state index in [0.717, 1.165) is 4.90 Å². The maximum atomic E-state index is 13.3. The molecule has 0 saturated carbocycles. The van der Waals surface area contributed by atoms with Gasteiger partial charge in [-0.05, 0) is 37.3 Å². The Bertz CT molecular complexity index is 905. The number of hydrogen-bond donors (Lipinski definition) is 1. The van der Waals surface area contributed by atoms with E-state index in [1.165, 1.54) is 34.9 Å². The van der Waals surface area contributed by atoms with Gasteiger partial charge in [0.1, 0.15) is 12.4 Å². The monoisotopic (exact) mass is 402 g/mol. The molecule has 3 rings (SSSR count). The number of thioether (sulfide) groups is 1. The van der Waals surface area contributed by atoms with Crippen LogP contribution in [0, 0.1) is 5.82 Å². The Morgan fingerprint density at radius 3 is 2.75 bits per heavy atom. The molecule has 0 aliphatic carbocycles. The second-order valence-electron chi connectivity index (χ2n) is 6.07. The first-order chi connectivity index (χ1) is 13.5. The van der Waals surface area contributed by atoms with Crippen molar-refractivity contribution in [1.29, 1.82) is 0 Å². The number of halogens is 1. The van der Waals surface area contributed by atoms with Crippen LogP contribution in [0.5, 0.6) is 0 Å². The van der Waals surface area contributed by atoms with Crippen LogP contribution in [0.4, 0.5) is 15.8 Å². The molecule has 1 N–H and O–H groups in total. The van der Waals surface area contributed by atoms with Crippen LogP contribution in [0.25, 0.3) is 0 Å². The van der Waals surface area contributed by atoms with Crippen LogP contribution in [-0.2, 0) is 19.1 Å². The molecule has 1 aliphatic rings. The molecule has 0 bridgehead atoms. The predicted molar refractivity (Wildman–Crippen MR) is 105 cm³/mol. The Morgan fingerprint density at radius 2 is 2.00 bits per heavy atom. The number of rotatable bonds is 6. The largest absolute Gasteiger partial charge is 0.466 e. The highest BCUT2D eigenvalue weighted by atomic mass is 32.2. The minimum atomic E-state index is -0.670. The number of carbonyl (C=O) groups is 3. The molecule has 0 fully saturated rings. The fraction of sp³-hybridized carbons (Fsp3) is 0.250. The molecule has 2 aromatic carbocycles. The molecule has 2 aromatic rings. The number of anilines is 2. The van der Waals surface area contributed by atoms with Crippen molar-refractivity contribution in [2.24, 2.45) is 0 Å². The second kappa shape index (κ2) is 8.88. The average Bonchev–Trinajstić information content (AvgIpc) is 2.65. The highest BCUT2D eigenvalue weighted by molar-refractivity contribution is 8.01. The van der Waals surface area contributed by atoms with Gasteiger partial charge < -0.3 is 15.0 Å². The zero-order valence-electron chi connectivity index (χ0n) is 15.2. The van der Waals surface area contributed by atoms with Crippen molar-refractivity contribution in [3.8, 4) is 0 Å². The van der Waals surface area contributed by atoms with Crippen molar-refractivity contribution < 1.29 is 23.5 Å². The van der Waals surface area contributed by atoms with Crippen molar-refractivity contribution >= 4 is 40.9 Å². The van der Waals surface area contributed by atoms with Crippen LogP contribution in [0.2, 0.25) is 0 Å². The third kappa shape index (κ3) is 4.69. The van der Waals surface area contributed by atoms with Gasteiger partial charge in [0.2, 0.25) is 11.8 Å². The minimum absolute atomic E-state index is 0.0757. The Balaban J connectivity index is 1.78. The predicted octanol–water partition coefficient (Wildman–Crippen LogP) is 3.22. The van der Waals surface area contributed by atoms with Gasteiger partial charge in [0.15, 0.2) is 0 Å². The van der Waals surface area contributed by atoms with E-state index in [2.05, 4.69) is 5.32 Å². The first-order valence-corrected chi connectivity index (χ1v) is 9.64. The van der Waals surface area contributed by atoms with E-state index in [-0.39, 0.29) is 25.5 Å². The summed E-state index contributed by atoms with van der Waals surface area (Å²) in [4.78, 5) is 39.4. The maximum Gasteiger partial charge on any atom is 0.307 e. The number of esters is 1. The van der Waals surface area contributed by atoms with Crippen molar-refractivity contribution in [2.75, 3.05) is 23.4 Å². The molecule has 0 spiro atoms. The molecule has 1 aliphatic heterocycles. The number of hydrogen-bond acceptors (Lipinski definition) is 5. The van der Waals surface area contributed by atoms with Crippen LogP contribution in [-0.4, -0.2) is 36.2 Å². The topological polar surface area (TPSA) is 75.7 Å². The van der Waals surface area contributed by atoms with E-state index in [9.17, 15) is 18.8 Å². The van der Waals surface area contributed by atoms with Gasteiger partial charge >= 0.3 is 5.97 Å². The van der Waals surface area contributed by atoms with E-state index in [1.54, 1.807) is 25.1 Å². The zero-order chi connectivity index (χ0) is 20.1. The van der Waals surface area contributed by atoms with Crippen molar-refractivity contribution in [3.05, 3.63) is 54.3 Å². The summed E-state index contributed by atoms with van der Waals surface area (Å²) in [5, 5.41) is 1.92. The van der Waals surface area contributed by atoms with E-state index in [1.807, 2.05) is 12.1 Å². The highest BCUT2D eigenvalue weighted by Crippen LogP contribution is 2.40. The van der Waals surface area contributed by atoms with E-state index < -0.39 is 22.9 Å². The van der Waals surface area contributed by atoms with Gasteiger partial charge in [0.25, 0.3) is 0 Å². The number of nitrogens with one attached hydrogen (secondary N) is 1. The molecular formula is C20H19FN2O4S. The highest BCUT2D eigenvalue weighted by Gasteiger charge is 2.36. The molecule has 6 nitrogen and oxygen atoms in total. The van der Waals surface area contributed by atoms with Crippen LogP contribution >= 0.6 is 11.8 Å². The van der Waals surface area contributed by atoms with E-state index in [4.69, 9.17) is 4.74 Å². The van der Waals surface area contributed by atoms with Gasteiger partial charge in [0.05, 0.1) is 24.0 Å². The third-order valence-electron chi connectivity index (χ3n) is 4.03. The minimum Gasteiger partial charge on any atom is -0.466 e. The van der Waals surface area contributed by atoms with Crippen LogP contribution in [0.1, 0.15) is 13.3 Å². The van der Waals surface area contributed by atoms with Crippen molar-refractivity contribution in [1.82, 2.24) is 0 Å². The van der Waals surface area contributed by atoms with Crippen LogP contribution < -0.4 is 10.2 Å². The number of amides is 2. The first-order valence-electron chi connectivity index (χ1n) is 8.76. The van der Waals surface area contributed by atoms with Crippen LogP contribution in [0.15, 0.2) is 53.4 Å². The molecule has 2 amide bonds. The molecule has 0 radical (unpaired) electrons. The molecule has 0 aromatic heterocycles. The summed E-state index contributed by atoms with van der Waals surface area (Å²) in [5.74, 6) is -1.73. The summed E-state index contributed by atoms with van der Waals surface area (Å²) in [6.45, 7) is 1.69. The van der Waals surface area contributed by atoms with Crippen LogP contribution in [0.3, 0.4) is 0 Å². The van der Waals surface area contributed by atoms with Crippen molar-refractivity contribution in [3.63, 3.8) is 0 Å². The van der Waals surface area contributed by atoms with Gasteiger partial charge in [-0.3, -0.25) is 14.4 Å². The van der Waals surface area contributed by atoms with Gasteiger partial charge in [-0.2, -0.15) is 0 Å². The summed E-state index contributed by atoms with van der Waals surface area (Å²) >= 11 is 1.28. The fourth-order valence-electron chi connectivity index (χ4n) is 2.85. The quantitative estimate of drug-likeness (QED) is 0.751.